The molecular weight excluding hydrogens is 398 g/mol. The molecular formula is C22H29N5O4. The number of piperidine rings is 1. The fourth-order valence-corrected chi connectivity index (χ4v) is 4.51. The maximum absolute atomic E-state index is 13.0. The van der Waals surface area contributed by atoms with Crippen LogP contribution in [-0.4, -0.2) is 66.6 Å². The van der Waals surface area contributed by atoms with Crippen LogP contribution in [0.5, 0.6) is 11.5 Å². The Morgan fingerprint density at radius 3 is 2.48 bits per heavy atom. The minimum absolute atomic E-state index is 0.0869. The minimum atomic E-state index is -0.640. The third kappa shape index (κ3) is 4.10. The summed E-state index contributed by atoms with van der Waals surface area (Å²) in [5.74, 6) is 0.600. The number of fused-ring (bicyclic) bond motifs is 2. The monoisotopic (exact) mass is 427 g/mol. The molecule has 166 valence electrons. The molecule has 2 aliphatic heterocycles. The number of hydrogen-bond donors (Lipinski definition) is 3. The number of hydrogen-bond acceptors (Lipinski definition) is 6. The van der Waals surface area contributed by atoms with Crippen LogP contribution in [0.2, 0.25) is 0 Å². The first-order chi connectivity index (χ1) is 15.0. The fraction of sp³-hybridized carbons (Fsp3) is 0.500. The number of aromatic nitrogens is 2. The number of ether oxygens (including phenoxy) is 2. The molecule has 0 radical (unpaired) electrons. The molecule has 1 saturated heterocycles. The second-order valence-corrected chi connectivity index (χ2v) is 8.11. The maximum Gasteiger partial charge on any atom is 0.252 e. The van der Waals surface area contributed by atoms with Crippen LogP contribution >= 0.6 is 0 Å². The average Bonchev–Trinajstić information content (AvgIpc) is 3.29. The van der Waals surface area contributed by atoms with E-state index in [4.69, 9.17) is 9.47 Å². The summed E-state index contributed by atoms with van der Waals surface area (Å²) in [5.41, 5.74) is 2.48. The van der Waals surface area contributed by atoms with E-state index in [9.17, 15) is 9.59 Å². The van der Waals surface area contributed by atoms with Crippen molar-refractivity contribution in [3.05, 3.63) is 41.5 Å². The molecule has 1 aromatic carbocycles. The van der Waals surface area contributed by atoms with Crippen LogP contribution in [0.15, 0.2) is 24.5 Å². The van der Waals surface area contributed by atoms with Crippen molar-refractivity contribution in [3.63, 3.8) is 0 Å². The highest BCUT2D eigenvalue weighted by atomic mass is 16.5. The first-order valence-corrected chi connectivity index (χ1v) is 10.6. The quantitative estimate of drug-likeness (QED) is 0.662. The van der Waals surface area contributed by atoms with E-state index in [0.29, 0.717) is 30.2 Å². The van der Waals surface area contributed by atoms with Crippen molar-refractivity contribution < 1.29 is 19.1 Å². The zero-order valence-electron chi connectivity index (χ0n) is 18.2. The maximum atomic E-state index is 13.0. The minimum Gasteiger partial charge on any atom is -0.497 e. The van der Waals surface area contributed by atoms with Crippen molar-refractivity contribution >= 4 is 11.8 Å². The molecule has 2 aromatic rings. The molecule has 0 unspecified atom stereocenters. The number of rotatable bonds is 5. The number of benzene rings is 1. The van der Waals surface area contributed by atoms with E-state index in [1.165, 1.54) is 19.9 Å². The van der Waals surface area contributed by atoms with Crippen LogP contribution in [-0.2, 0) is 16.8 Å². The lowest BCUT2D eigenvalue weighted by atomic mass is 9.80. The molecule has 9 nitrogen and oxygen atoms in total. The van der Waals surface area contributed by atoms with Gasteiger partial charge in [0.2, 0.25) is 5.91 Å². The summed E-state index contributed by atoms with van der Waals surface area (Å²) in [7, 11) is 3.05. The largest absolute Gasteiger partial charge is 0.497 e. The predicted molar refractivity (Wildman–Crippen MR) is 114 cm³/mol. The number of nitrogens with zero attached hydrogens (tertiary/aromatic N) is 2. The average molecular weight is 428 g/mol. The zero-order chi connectivity index (χ0) is 22.0. The van der Waals surface area contributed by atoms with Crippen LogP contribution in [0.4, 0.5) is 0 Å². The highest BCUT2D eigenvalue weighted by Gasteiger charge is 2.42. The first-order valence-electron chi connectivity index (χ1n) is 10.6. The third-order valence-corrected chi connectivity index (χ3v) is 6.27. The smallest absolute Gasteiger partial charge is 0.252 e. The number of H-pyrrole nitrogens is 1. The Balaban J connectivity index is 1.38. The second-order valence-electron chi connectivity index (χ2n) is 8.11. The Bertz CT molecular complexity index is 942. The van der Waals surface area contributed by atoms with E-state index in [1.807, 2.05) is 4.90 Å². The lowest BCUT2D eigenvalue weighted by Gasteiger charge is -2.44. The predicted octanol–water partition coefficient (Wildman–Crippen LogP) is 1.21. The SMILES string of the molecule is COc1cc(OC)cc(C(=O)N[C@H](C)C(=O)N2CCC3(CC2)NCCc2[nH]cnc23)c1. The van der Waals surface area contributed by atoms with E-state index < -0.39 is 6.04 Å². The Hall–Kier alpha value is -3.07. The molecule has 1 atom stereocenters. The number of imidazole rings is 1. The Morgan fingerprint density at radius 2 is 1.84 bits per heavy atom. The summed E-state index contributed by atoms with van der Waals surface area (Å²) < 4.78 is 10.4. The highest BCUT2D eigenvalue weighted by Crippen LogP contribution is 2.36. The number of aromatic amines is 1. The molecule has 0 aliphatic carbocycles. The Morgan fingerprint density at radius 1 is 1.16 bits per heavy atom. The number of nitrogens with one attached hydrogen (secondary N) is 3. The molecule has 3 N–H and O–H groups in total. The van der Waals surface area contributed by atoms with E-state index in [0.717, 1.165) is 31.5 Å². The molecule has 2 aliphatic rings. The number of carbonyl (C=O) groups is 2. The summed E-state index contributed by atoms with van der Waals surface area (Å²) in [5, 5.41) is 6.43. The molecule has 0 bridgehead atoms. The molecule has 3 heterocycles. The molecule has 9 heteroatoms. The van der Waals surface area contributed by atoms with Gasteiger partial charge in [-0.1, -0.05) is 0 Å². The van der Waals surface area contributed by atoms with Crippen LogP contribution < -0.4 is 20.1 Å². The van der Waals surface area contributed by atoms with E-state index in [2.05, 4.69) is 20.6 Å². The summed E-state index contributed by atoms with van der Waals surface area (Å²) in [6.45, 7) is 3.85. The number of likely N-dealkylation sites (tertiary alicyclic amines) is 1. The van der Waals surface area contributed by atoms with Crippen molar-refractivity contribution in [2.24, 2.45) is 0 Å². The fourth-order valence-electron chi connectivity index (χ4n) is 4.51. The van der Waals surface area contributed by atoms with Gasteiger partial charge in [-0.05, 0) is 31.9 Å². The standard InChI is InChI=1S/C22H29N5O4/c1-14(26-20(28)15-10-16(30-2)12-17(11-15)31-3)21(29)27-8-5-22(6-9-27)19-18(4-7-25-22)23-13-24-19/h10-14,25H,4-9H2,1-3H3,(H,23,24)(H,26,28)/t14-/m1/s1. The number of carbonyl (C=O) groups excluding carboxylic acids is 2. The summed E-state index contributed by atoms with van der Waals surface area (Å²) >= 11 is 0. The lowest BCUT2D eigenvalue weighted by molar-refractivity contribution is -0.134. The second kappa shape index (κ2) is 8.58. The van der Waals surface area contributed by atoms with Gasteiger partial charge in [0.15, 0.2) is 0 Å². The summed E-state index contributed by atoms with van der Waals surface area (Å²) in [6, 6.07) is 4.30. The van der Waals surface area contributed by atoms with Crippen LogP contribution in [0.1, 0.15) is 41.5 Å². The molecule has 4 rings (SSSR count). The first kappa shape index (κ1) is 21.2. The topological polar surface area (TPSA) is 109 Å². The van der Waals surface area contributed by atoms with Gasteiger partial charge in [0, 0.05) is 43.4 Å². The van der Waals surface area contributed by atoms with Crippen molar-refractivity contribution in [2.75, 3.05) is 33.9 Å². The van der Waals surface area contributed by atoms with E-state index in [-0.39, 0.29) is 17.4 Å². The van der Waals surface area contributed by atoms with Gasteiger partial charge in [0.25, 0.3) is 5.91 Å². The van der Waals surface area contributed by atoms with Crippen molar-refractivity contribution in [2.45, 2.75) is 37.8 Å². The molecule has 1 aromatic heterocycles. The van der Waals surface area contributed by atoms with Gasteiger partial charge < -0.3 is 30.0 Å². The van der Waals surface area contributed by atoms with Crippen LogP contribution in [0, 0.1) is 0 Å². The third-order valence-electron chi connectivity index (χ3n) is 6.27. The number of methoxy groups -OCH3 is 2. The molecule has 1 fully saturated rings. The Kier molecular flexibility index (Phi) is 5.86. The van der Waals surface area contributed by atoms with Gasteiger partial charge in [0.1, 0.15) is 17.5 Å². The molecule has 31 heavy (non-hydrogen) atoms. The van der Waals surface area contributed by atoms with Crippen molar-refractivity contribution in [3.8, 4) is 11.5 Å². The van der Waals surface area contributed by atoms with E-state index >= 15 is 0 Å². The van der Waals surface area contributed by atoms with Gasteiger partial charge in [-0.15, -0.1) is 0 Å². The summed E-state index contributed by atoms with van der Waals surface area (Å²) in [4.78, 5) is 35.3. The van der Waals surface area contributed by atoms with Crippen molar-refractivity contribution in [1.29, 1.82) is 0 Å². The highest BCUT2D eigenvalue weighted by molar-refractivity contribution is 5.98. The Labute approximate surface area is 181 Å². The normalized spacial score (nSPS) is 18.2. The number of amides is 2. The van der Waals surface area contributed by atoms with Gasteiger partial charge in [-0.3, -0.25) is 9.59 Å². The van der Waals surface area contributed by atoms with Gasteiger partial charge in [-0.25, -0.2) is 4.98 Å². The van der Waals surface area contributed by atoms with Crippen molar-refractivity contribution in [1.82, 2.24) is 25.5 Å². The lowest BCUT2D eigenvalue weighted by Crippen LogP contribution is -2.57. The van der Waals surface area contributed by atoms with Gasteiger partial charge >= 0.3 is 0 Å². The zero-order valence-corrected chi connectivity index (χ0v) is 18.2. The molecule has 1 spiro atoms. The van der Waals surface area contributed by atoms with E-state index in [1.54, 1.807) is 31.5 Å². The molecule has 0 saturated carbocycles. The van der Waals surface area contributed by atoms with Gasteiger partial charge in [-0.2, -0.15) is 0 Å². The molecule has 2 amide bonds. The van der Waals surface area contributed by atoms with Crippen LogP contribution in [0.25, 0.3) is 0 Å². The summed E-state index contributed by atoms with van der Waals surface area (Å²) in [6.07, 6.45) is 4.29. The van der Waals surface area contributed by atoms with Crippen LogP contribution in [0.3, 0.4) is 0 Å². The van der Waals surface area contributed by atoms with Gasteiger partial charge in [0.05, 0.1) is 31.8 Å².